The van der Waals surface area contributed by atoms with Crippen molar-refractivity contribution in [3.8, 4) is 0 Å². The Hall–Kier alpha value is -4.31. The van der Waals surface area contributed by atoms with Crippen LogP contribution in [0.5, 0.6) is 0 Å². The van der Waals surface area contributed by atoms with Gasteiger partial charge in [-0.15, -0.1) is 0 Å². The second-order valence-electron chi connectivity index (χ2n) is 9.61. The number of rotatable bonds is 5. The maximum Gasteiger partial charge on any atom is 0.255 e. The Kier molecular flexibility index (Phi) is 8.12. The van der Waals surface area contributed by atoms with Crippen molar-refractivity contribution in [1.82, 2.24) is 20.1 Å². The molecule has 2 fully saturated rings. The highest BCUT2D eigenvalue weighted by Crippen LogP contribution is 2.30. The summed E-state index contributed by atoms with van der Waals surface area (Å²) in [5.74, 6) is -1.14. The molecule has 3 heterocycles. The third-order valence-corrected chi connectivity index (χ3v) is 7.02. The maximum absolute atomic E-state index is 13.8. The number of hydrogen-bond donors (Lipinski definition) is 2. The number of aromatic nitrogens is 1. The summed E-state index contributed by atoms with van der Waals surface area (Å²) >= 11 is 0. The fraction of sp³-hybridized carbons (Fsp3) is 0.310. The summed E-state index contributed by atoms with van der Waals surface area (Å²) in [6, 6.07) is 14.3. The van der Waals surface area contributed by atoms with Gasteiger partial charge in [-0.25, -0.2) is 4.39 Å². The Balaban J connectivity index is 1.38. The number of pyridine rings is 1. The fourth-order valence-corrected chi connectivity index (χ4v) is 4.92. The van der Waals surface area contributed by atoms with Gasteiger partial charge in [0, 0.05) is 69.3 Å². The molecule has 5 rings (SSSR count). The maximum atomic E-state index is 13.8. The standard InChI is InChI=1S/C29H31FN6O3/c30-24-6-1-4-21(18-24)27(37)33-25-19-22(28(38)35-12-3-10-31-11-13-35)7-8-26(25)34-14-16-36(17-15-34)29(39)23-5-2-9-32-20-23/h1-2,4-9,18-20,31H,3,10-17H2,(H,33,37). The molecule has 2 N–H and O–H groups in total. The third kappa shape index (κ3) is 6.23. The summed E-state index contributed by atoms with van der Waals surface area (Å²) < 4.78 is 13.8. The van der Waals surface area contributed by atoms with Gasteiger partial charge in [0.15, 0.2) is 0 Å². The smallest absolute Gasteiger partial charge is 0.255 e. The average Bonchev–Trinajstić information content (AvgIpc) is 3.27. The van der Waals surface area contributed by atoms with Crippen LogP contribution in [0.25, 0.3) is 0 Å². The van der Waals surface area contributed by atoms with Crippen molar-refractivity contribution >= 4 is 29.1 Å². The van der Waals surface area contributed by atoms with E-state index in [-0.39, 0.29) is 17.4 Å². The monoisotopic (exact) mass is 530 g/mol. The number of halogens is 1. The van der Waals surface area contributed by atoms with Gasteiger partial charge in [0.25, 0.3) is 17.7 Å². The molecule has 2 aliphatic heterocycles. The highest BCUT2D eigenvalue weighted by atomic mass is 19.1. The number of piperazine rings is 1. The lowest BCUT2D eigenvalue weighted by molar-refractivity contribution is 0.0743. The number of carbonyl (C=O) groups excluding carboxylic acids is 3. The van der Waals surface area contributed by atoms with Crippen molar-refractivity contribution in [3.63, 3.8) is 0 Å². The highest BCUT2D eigenvalue weighted by Gasteiger charge is 2.26. The molecule has 9 nitrogen and oxygen atoms in total. The van der Waals surface area contributed by atoms with Gasteiger partial charge in [0.05, 0.1) is 16.9 Å². The van der Waals surface area contributed by atoms with Crippen LogP contribution in [0.3, 0.4) is 0 Å². The first-order valence-corrected chi connectivity index (χ1v) is 13.1. The van der Waals surface area contributed by atoms with Gasteiger partial charge in [0.1, 0.15) is 5.82 Å². The molecule has 0 bridgehead atoms. The normalized spacial score (nSPS) is 16.0. The van der Waals surface area contributed by atoms with E-state index in [2.05, 4.69) is 20.5 Å². The minimum Gasteiger partial charge on any atom is -0.366 e. The lowest BCUT2D eigenvalue weighted by Crippen LogP contribution is -2.49. The number of amides is 3. The van der Waals surface area contributed by atoms with Gasteiger partial charge in [-0.1, -0.05) is 6.07 Å². The zero-order chi connectivity index (χ0) is 27.2. The molecule has 2 saturated heterocycles. The molecule has 0 atom stereocenters. The SMILES string of the molecule is O=C(Nc1cc(C(=O)N2CCCNCC2)ccc1N1CCN(C(=O)c2cccnc2)CC1)c1cccc(F)c1. The van der Waals surface area contributed by atoms with E-state index >= 15 is 0 Å². The van der Waals surface area contributed by atoms with Crippen LogP contribution in [0.2, 0.25) is 0 Å². The quantitative estimate of drug-likeness (QED) is 0.527. The van der Waals surface area contributed by atoms with Crippen LogP contribution in [0.1, 0.15) is 37.5 Å². The Morgan fingerprint density at radius 3 is 2.33 bits per heavy atom. The molecule has 2 aliphatic rings. The van der Waals surface area contributed by atoms with Crippen molar-refractivity contribution in [1.29, 1.82) is 0 Å². The first-order valence-electron chi connectivity index (χ1n) is 13.1. The van der Waals surface area contributed by atoms with Gasteiger partial charge in [-0.05, 0) is 61.5 Å². The van der Waals surface area contributed by atoms with E-state index in [1.54, 1.807) is 47.6 Å². The second-order valence-corrected chi connectivity index (χ2v) is 9.61. The molecule has 0 spiro atoms. The molecule has 0 aliphatic carbocycles. The number of nitrogens with one attached hydrogen (secondary N) is 2. The minimum absolute atomic E-state index is 0.0738. The molecule has 0 saturated carbocycles. The van der Waals surface area contributed by atoms with Crippen LogP contribution < -0.4 is 15.5 Å². The molecular weight excluding hydrogens is 499 g/mol. The zero-order valence-electron chi connectivity index (χ0n) is 21.6. The van der Waals surface area contributed by atoms with E-state index in [4.69, 9.17) is 0 Å². The minimum atomic E-state index is -0.504. The number of hydrogen-bond acceptors (Lipinski definition) is 6. The van der Waals surface area contributed by atoms with Crippen molar-refractivity contribution in [2.45, 2.75) is 6.42 Å². The Morgan fingerprint density at radius 1 is 0.795 bits per heavy atom. The van der Waals surface area contributed by atoms with Gasteiger partial charge < -0.3 is 25.3 Å². The van der Waals surface area contributed by atoms with Crippen LogP contribution in [-0.4, -0.2) is 84.9 Å². The highest BCUT2D eigenvalue weighted by molar-refractivity contribution is 6.07. The van der Waals surface area contributed by atoms with E-state index in [9.17, 15) is 18.8 Å². The van der Waals surface area contributed by atoms with Gasteiger partial charge in [-0.3, -0.25) is 19.4 Å². The molecule has 39 heavy (non-hydrogen) atoms. The number of anilines is 2. The van der Waals surface area contributed by atoms with E-state index in [0.717, 1.165) is 25.2 Å². The van der Waals surface area contributed by atoms with Crippen molar-refractivity contribution in [3.05, 3.63) is 89.5 Å². The summed E-state index contributed by atoms with van der Waals surface area (Å²) in [4.78, 5) is 49.0. The lowest BCUT2D eigenvalue weighted by Gasteiger charge is -2.37. The predicted molar refractivity (Wildman–Crippen MR) is 147 cm³/mol. The van der Waals surface area contributed by atoms with E-state index in [1.807, 2.05) is 11.0 Å². The number of benzene rings is 2. The Morgan fingerprint density at radius 2 is 1.56 bits per heavy atom. The molecule has 0 radical (unpaired) electrons. The van der Waals surface area contributed by atoms with Crippen LogP contribution in [-0.2, 0) is 0 Å². The van der Waals surface area contributed by atoms with Crippen LogP contribution in [0, 0.1) is 5.82 Å². The summed E-state index contributed by atoms with van der Waals surface area (Å²) in [6.07, 6.45) is 4.06. The molecule has 3 amide bonds. The van der Waals surface area contributed by atoms with Gasteiger partial charge in [-0.2, -0.15) is 0 Å². The number of nitrogens with zero attached hydrogens (tertiary/aromatic N) is 4. The summed E-state index contributed by atoms with van der Waals surface area (Å²) in [6.45, 7) is 4.94. The third-order valence-electron chi connectivity index (χ3n) is 7.02. The topological polar surface area (TPSA) is 97.9 Å². The molecule has 2 aromatic carbocycles. The first kappa shape index (κ1) is 26.3. The first-order chi connectivity index (χ1) is 19.0. The average molecular weight is 531 g/mol. The van der Waals surface area contributed by atoms with Crippen LogP contribution in [0.4, 0.5) is 15.8 Å². The summed E-state index contributed by atoms with van der Waals surface area (Å²) in [7, 11) is 0. The molecule has 3 aromatic rings. The number of carbonyl (C=O) groups is 3. The van der Waals surface area contributed by atoms with Gasteiger partial charge in [0.2, 0.25) is 0 Å². The van der Waals surface area contributed by atoms with E-state index < -0.39 is 11.7 Å². The fourth-order valence-electron chi connectivity index (χ4n) is 4.92. The molecule has 1 aromatic heterocycles. The second kappa shape index (κ2) is 12.0. The molecule has 10 heteroatoms. The molecule has 202 valence electrons. The largest absolute Gasteiger partial charge is 0.366 e. The lowest BCUT2D eigenvalue weighted by atomic mass is 10.1. The molecular formula is C29H31FN6O3. The van der Waals surface area contributed by atoms with Gasteiger partial charge >= 0.3 is 0 Å². The van der Waals surface area contributed by atoms with Crippen LogP contribution in [0.15, 0.2) is 67.0 Å². The Labute approximate surface area is 226 Å². The zero-order valence-corrected chi connectivity index (χ0v) is 21.6. The Bertz CT molecular complexity index is 1340. The van der Waals surface area contributed by atoms with E-state index in [1.165, 1.54) is 18.2 Å². The summed E-state index contributed by atoms with van der Waals surface area (Å²) in [5, 5.41) is 6.20. The van der Waals surface area contributed by atoms with Crippen molar-refractivity contribution in [2.24, 2.45) is 0 Å². The van der Waals surface area contributed by atoms with Crippen LogP contribution >= 0.6 is 0 Å². The van der Waals surface area contributed by atoms with Crippen molar-refractivity contribution < 1.29 is 18.8 Å². The summed E-state index contributed by atoms with van der Waals surface area (Å²) in [5.41, 5.74) is 2.40. The predicted octanol–water partition coefficient (Wildman–Crippen LogP) is 2.87. The van der Waals surface area contributed by atoms with E-state index in [0.29, 0.717) is 56.1 Å². The van der Waals surface area contributed by atoms with Crippen molar-refractivity contribution in [2.75, 3.05) is 62.6 Å². The molecule has 0 unspecified atom stereocenters.